The number of furan rings is 1. The standard InChI is InChI=1S/C16H13FN4O2/c17-12-5-2-1-4-10(12)8-20-16(22)11-9-19-15(21-14(11)18)13-6-3-7-23-13/h1-7,9H,8H2,(H,20,22)(H2,18,19,21). The van der Waals surface area contributed by atoms with Crippen LogP contribution in [0.3, 0.4) is 0 Å². The van der Waals surface area contributed by atoms with Crippen molar-refractivity contribution in [2.75, 3.05) is 5.73 Å². The minimum Gasteiger partial charge on any atom is -0.461 e. The van der Waals surface area contributed by atoms with Gasteiger partial charge in [-0.1, -0.05) is 18.2 Å². The number of carbonyl (C=O) groups is 1. The monoisotopic (exact) mass is 312 g/mol. The fourth-order valence-electron chi connectivity index (χ4n) is 2.01. The minimum absolute atomic E-state index is 0.0254. The summed E-state index contributed by atoms with van der Waals surface area (Å²) in [5.74, 6) is -0.0902. The second-order valence-corrected chi connectivity index (χ2v) is 4.74. The van der Waals surface area contributed by atoms with Gasteiger partial charge in [-0.15, -0.1) is 0 Å². The lowest BCUT2D eigenvalue weighted by molar-refractivity contribution is 0.0951. The molecule has 0 spiro atoms. The van der Waals surface area contributed by atoms with Crippen LogP contribution in [0.5, 0.6) is 0 Å². The van der Waals surface area contributed by atoms with E-state index in [2.05, 4.69) is 15.3 Å². The van der Waals surface area contributed by atoms with E-state index in [1.165, 1.54) is 18.5 Å². The third kappa shape index (κ3) is 3.18. The van der Waals surface area contributed by atoms with Gasteiger partial charge in [0.25, 0.3) is 5.91 Å². The quantitative estimate of drug-likeness (QED) is 0.771. The number of carbonyl (C=O) groups excluding carboxylic acids is 1. The molecule has 1 aromatic carbocycles. The van der Waals surface area contributed by atoms with Gasteiger partial charge in [0, 0.05) is 18.3 Å². The summed E-state index contributed by atoms with van der Waals surface area (Å²) in [5.41, 5.74) is 6.30. The van der Waals surface area contributed by atoms with E-state index in [1.807, 2.05) is 0 Å². The van der Waals surface area contributed by atoms with E-state index in [1.54, 1.807) is 30.3 Å². The summed E-state index contributed by atoms with van der Waals surface area (Å²) in [6.07, 6.45) is 2.81. The lowest BCUT2D eigenvalue weighted by atomic mass is 10.2. The molecule has 0 bridgehead atoms. The summed E-state index contributed by atoms with van der Waals surface area (Å²) in [4.78, 5) is 20.2. The fraction of sp³-hybridized carbons (Fsp3) is 0.0625. The molecule has 116 valence electrons. The lowest BCUT2D eigenvalue weighted by Gasteiger charge is -2.08. The van der Waals surface area contributed by atoms with Gasteiger partial charge < -0.3 is 15.5 Å². The van der Waals surface area contributed by atoms with E-state index in [0.29, 0.717) is 11.3 Å². The number of nitrogens with two attached hydrogens (primary N) is 1. The third-order valence-electron chi connectivity index (χ3n) is 3.20. The van der Waals surface area contributed by atoms with Crippen molar-refractivity contribution in [3.63, 3.8) is 0 Å². The number of nitrogens with zero attached hydrogens (tertiary/aromatic N) is 2. The molecule has 0 radical (unpaired) electrons. The maximum atomic E-state index is 13.5. The second-order valence-electron chi connectivity index (χ2n) is 4.74. The molecule has 0 atom stereocenters. The predicted octanol–water partition coefficient (Wildman–Crippen LogP) is 2.39. The number of nitrogen functional groups attached to an aromatic ring is 1. The predicted molar refractivity (Wildman–Crippen MR) is 81.7 cm³/mol. The van der Waals surface area contributed by atoms with Crippen LogP contribution in [-0.4, -0.2) is 15.9 Å². The minimum atomic E-state index is -0.475. The molecule has 0 saturated carbocycles. The molecule has 3 aromatic rings. The number of hydrogen-bond acceptors (Lipinski definition) is 5. The molecule has 0 aliphatic rings. The summed E-state index contributed by atoms with van der Waals surface area (Å²) in [6, 6.07) is 9.59. The van der Waals surface area contributed by atoms with Crippen molar-refractivity contribution in [3.05, 3.63) is 65.8 Å². The summed E-state index contributed by atoms with van der Waals surface area (Å²) in [7, 11) is 0. The van der Waals surface area contributed by atoms with E-state index in [0.717, 1.165) is 0 Å². The van der Waals surface area contributed by atoms with E-state index < -0.39 is 5.91 Å². The Balaban J connectivity index is 1.74. The SMILES string of the molecule is Nc1nc(-c2ccco2)ncc1C(=O)NCc1ccccc1F. The van der Waals surface area contributed by atoms with Crippen molar-refractivity contribution in [1.29, 1.82) is 0 Å². The first-order valence-electron chi connectivity index (χ1n) is 6.83. The smallest absolute Gasteiger partial charge is 0.256 e. The van der Waals surface area contributed by atoms with Crippen LogP contribution in [0.1, 0.15) is 15.9 Å². The molecule has 23 heavy (non-hydrogen) atoms. The van der Waals surface area contributed by atoms with Crippen molar-refractivity contribution in [2.45, 2.75) is 6.54 Å². The average Bonchev–Trinajstić information content (AvgIpc) is 3.08. The number of amides is 1. The molecule has 3 N–H and O–H groups in total. The molecule has 0 fully saturated rings. The van der Waals surface area contributed by atoms with Gasteiger partial charge in [0.05, 0.1) is 11.8 Å². The van der Waals surface area contributed by atoms with Crippen molar-refractivity contribution in [1.82, 2.24) is 15.3 Å². The zero-order valence-electron chi connectivity index (χ0n) is 12.0. The van der Waals surface area contributed by atoms with Crippen LogP contribution < -0.4 is 11.1 Å². The zero-order chi connectivity index (χ0) is 16.2. The van der Waals surface area contributed by atoms with Crippen LogP contribution in [0.2, 0.25) is 0 Å². The van der Waals surface area contributed by atoms with Crippen LogP contribution >= 0.6 is 0 Å². The van der Waals surface area contributed by atoms with E-state index in [4.69, 9.17) is 10.2 Å². The Morgan fingerprint density at radius 2 is 2.09 bits per heavy atom. The average molecular weight is 312 g/mol. The first kappa shape index (κ1) is 14.7. The van der Waals surface area contributed by atoms with Gasteiger partial charge in [0.15, 0.2) is 11.6 Å². The highest BCUT2D eigenvalue weighted by Crippen LogP contribution is 2.18. The lowest BCUT2D eigenvalue weighted by Crippen LogP contribution is -2.25. The van der Waals surface area contributed by atoms with Crippen molar-refractivity contribution in [3.8, 4) is 11.6 Å². The number of halogens is 1. The molecule has 7 heteroatoms. The number of aromatic nitrogens is 2. The summed E-state index contributed by atoms with van der Waals surface area (Å²) >= 11 is 0. The number of benzene rings is 1. The summed E-state index contributed by atoms with van der Waals surface area (Å²) in [5, 5.41) is 2.59. The van der Waals surface area contributed by atoms with Gasteiger partial charge in [0.1, 0.15) is 11.6 Å². The van der Waals surface area contributed by atoms with Gasteiger partial charge >= 0.3 is 0 Å². The van der Waals surface area contributed by atoms with Gasteiger partial charge in [-0.2, -0.15) is 0 Å². The molecule has 0 saturated heterocycles. The van der Waals surface area contributed by atoms with Gasteiger partial charge in [-0.05, 0) is 18.2 Å². The molecule has 0 aliphatic carbocycles. The second kappa shape index (κ2) is 6.27. The number of hydrogen-bond donors (Lipinski definition) is 2. The molecule has 2 aromatic heterocycles. The fourth-order valence-corrected chi connectivity index (χ4v) is 2.01. The van der Waals surface area contributed by atoms with Crippen LogP contribution in [0.25, 0.3) is 11.6 Å². The maximum Gasteiger partial charge on any atom is 0.256 e. The highest BCUT2D eigenvalue weighted by Gasteiger charge is 2.14. The maximum absolute atomic E-state index is 13.5. The zero-order valence-corrected chi connectivity index (χ0v) is 12.0. The first-order chi connectivity index (χ1) is 11.1. The number of anilines is 1. The molecule has 1 amide bonds. The number of rotatable bonds is 4. The van der Waals surface area contributed by atoms with Crippen LogP contribution in [0, 0.1) is 5.82 Å². The van der Waals surface area contributed by atoms with Gasteiger partial charge in [0.2, 0.25) is 0 Å². The van der Waals surface area contributed by atoms with Gasteiger partial charge in [-0.25, -0.2) is 14.4 Å². The normalized spacial score (nSPS) is 10.5. The highest BCUT2D eigenvalue weighted by atomic mass is 19.1. The van der Waals surface area contributed by atoms with E-state index >= 15 is 0 Å². The Kier molecular flexibility index (Phi) is 4.01. The molecular weight excluding hydrogens is 299 g/mol. The Morgan fingerprint density at radius 3 is 2.78 bits per heavy atom. The molecule has 0 aliphatic heterocycles. The first-order valence-corrected chi connectivity index (χ1v) is 6.83. The van der Waals surface area contributed by atoms with Crippen LogP contribution in [0.4, 0.5) is 10.2 Å². The molecule has 6 nitrogen and oxygen atoms in total. The summed E-state index contributed by atoms with van der Waals surface area (Å²) < 4.78 is 18.7. The Morgan fingerprint density at radius 1 is 1.26 bits per heavy atom. The molecule has 0 unspecified atom stereocenters. The van der Waals surface area contributed by atoms with E-state index in [-0.39, 0.29) is 29.6 Å². The van der Waals surface area contributed by atoms with Crippen LogP contribution in [-0.2, 0) is 6.54 Å². The van der Waals surface area contributed by atoms with Crippen molar-refractivity contribution < 1.29 is 13.6 Å². The topological polar surface area (TPSA) is 94.0 Å². The highest BCUT2D eigenvalue weighted by molar-refractivity contribution is 5.98. The van der Waals surface area contributed by atoms with Crippen molar-refractivity contribution >= 4 is 11.7 Å². The van der Waals surface area contributed by atoms with Gasteiger partial charge in [-0.3, -0.25) is 4.79 Å². The van der Waals surface area contributed by atoms with Crippen molar-refractivity contribution in [2.24, 2.45) is 0 Å². The Hall–Kier alpha value is -3.22. The van der Waals surface area contributed by atoms with Crippen LogP contribution in [0.15, 0.2) is 53.3 Å². The number of nitrogens with one attached hydrogen (secondary N) is 1. The Labute approximate surface area is 131 Å². The largest absolute Gasteiger partial charge is 0.461 e. The third-order valence-corrected chi connectivity index (χ3v) is 3.20. The molecular formula is C16H13FN4O2. The van der Waals surface area contributed by atoms with E-state index in [9.17, 15) is 9.18 Å². The summed E-state index contributed by atoms with van der Waals surface area (Å²) in [6.45, 7) is 0.0465. The molecule has 3 rings (SSSR count). The Bertz CT molecular complexity index is 834. The molecule has 2 heterocycles.